The van der Waals surface area contributed by atoms with Gasteiger partial charge in [-0.2, -0.15) is 4.31 Å². The normalized spacial score (nSPS) is 15.4. The zero-order valence-electron chi connectivity index (χ0n) is 15.6. The van der Waals surface area contributed by atoms with Crippen LogP contribution in [-0.2, 0) is 26.0 Å². The van der Waals surface area contributed by atoms with E-state index in [9.17, 15) is 13.2 Å². The lowest BCUT2D eigenvalue weighted by Crippen LogP contribution is -2.47. The fourth-order valence-corrected chi connectivity index (χ4v) is 4.31. The van der Waals surface area contributed by atoms with Gasteiger partial charge in [-0.05, 0) is 24.1 Å². The fourth-order valence-electron chi connectivity index (χ4n) is 2.88. The molecule has 0 aromatic heterocycles. The van der Waals surface area contributed by atoms with Gasteiger partial charge in [0.15, 0.2) is 0 Å². The van der Waals surface area contributed by atoms with Crippen molar-refractivity contribution >= 4 is 15.9 Å². The number of hydrogen-bond acceptors (Lipinski definition) is 5. The molecule has 0 atom stereocenters. The fraction of sp³-hybridized carbons (Fsp3) is 0.611. The number of sulfonamides is 1. The van der Waals surface area contributed by atoms with Gasteiger partial charge in [-0.3, -0.25) is 4.79 Å². The molecular weight excluding hydrogens is 354 g/mol. The van der Waals surface area contributed by atoms with Crippen LogP contribution in [0.25, 0.3) is 0 Å². The molecular formula is C18H29N3O4S. The molecule has 0 radical (unpaired) electrons. The first-order valence-corrected chi connectivity index (χ1v) is 10.5. The van der Waals surface area contributed by atoms with E-state index < -0.39 is 10.0 Å². The molecule has 1 aromatic carbocycles. The van der Waals surface area contributed by atoms with Crippen molar-refractivity contribution in [1.29, 1.82) is 0 Å². The molecule has 7 nitrogen and oxygen atoms in total. The summed E-state index contributed by atoms with van der Waals surface area (Å²) in [5.41, 5.74) is 1.08. The molecule has 1 aliphatic rings. The number of piperazine rings is 1. The molecule has 8 heteroatoms. The quantitative estimate of drug-likeness (QED) is 0.679. The van der Waals surface area contributed by atoms with Crippen LogP contribution in [0, 0.1) is 0 Å². The Morgan fingerprint density at radius 1 is 1.19 bits per heavy atom. The highest BCUT2D eigenvalue weighted by molar-refractivity contribution is 7.89. The van der Waals surface area contributed by atoms with Crippen LogP contribution in [0.5, 0.6) is 0 Å². The summed E-state index contributed by atoms with van der Waals surface area (Å²) < 4.78 is 32.3. The SMILES string of the molecule is CCc1ccc(S(=O)(=O)N(CCOC)CCC(=O)N2CCNCC2)cc1. The highest BCUT2D eigenvalue weighted by Gasteiger charge is 2.26. The Bertz CT molecular complexity index is 670. The van der Waals surface area contributed by atoms with Crippen molar-refractivity contribution < 1.29 is 17.9 Å². The maximum Gasteiger partial charge on any atom is 0.243 e. The van der Waals surface area contributed by atoms with E-state index in [1.54, 1.807) is 17.0 Å². The lowest BCUT2D eigenvalue weighted by molar-refractivity contribution is -0.131. The van der Waals surface area contributed by atoms with E-state index in [0.29, 0.717) is 13.1 Å². The number of aryl methyl sites for hydroxylation is 1. The lowest BCUT2D eigenvalue weighted by atomic mass is 10.2. The molecule has 1 saturated heterocycles. The minimum Gasteiger partial charge on any atom is -0.383 e. The zero-order valence-corrected chi connectivity index (χ0v) is 16.4. The maximum atomic E-state index is 13.0. The van der Waals surface area contributed by atoms with Crippen molar-refractivity contribution in [2.45, 2.75) is 24.7 Å². The minimum atomic E-state index is -3.65. The Balaban J connectivity index is 2.07. The molecule has 0 aliphatic carbocycles. The number of nitrogens with zero attached hydrogens (tertiary/aromatic N) is 2. The van der Waals surface area contributed by atoms with Gasteiger partial charge in [0, 0.05) is 52.8 Å². The third-order valence-corrected chi connectivity index (χ3v) is 6.47. The van der Waals surface area contributed by atoms with Gasteiger partial charge in [0.05, 0.1) is 11.5 Å². The monoisotopic (exact) mass is 383 g/mol. The predicted molar refractivity (Wildman–Crippen MR) is 101 cm³/mol. The zero-order chi connectivity index (χ0) is 19.0. The molecule has 0 spiro atoms. The van der Waals surface area contributed by atoms with Crippen molar-refractivity contribution in [3.05, 3.63) is 29.8 Å². The van der Waals surface area contributed by atoms with Gasteiger partial charge in [0.25, 0.3) is 0 Å². The van der Waals surface area contributed by atoms with E-state index >= 15 is 0 Å². The molecule has 146 valence electrons. The second-order valence-corrected chi connectivity index (χ2v) is 8.21. The third-order valence-electron chi connectivity index (χ3n) is 4.56. The summed E-state index contributed by atoms with van der Waals surface area (Å²) in [5, 5.41) is 3.20. The van der Waals surface area contributed by atoms with Crippen LogP contribution in [0.3, 0.4) is 0 Å². The van der Waals surface area contributed by atoms with Gasteiger partial charge in [-0.25, -0.2) is 8.42 Å². The van der Waals surface area contributed by atoms with Crippen molar-refractivity contribution in [3.63, 3.8) is 0 Å². The average molecular weight is 384 g/mol. The minimum absolute atomic E-state index is 0.00884. The van der Waals surface area contributed by atoms with Crippen molar-refractivity contribution in [2.24, 2.45) is 0 Å². The molecule has 1 fully saturated rings. The number of hydrogen-bond donors (Lipinski definition) is 1. The number of methoxy groups -OCH3 is 1. The van der Waals surface area contributed by atoms with Gasteiger partial charge in [0.1, 0.15) is 0 Å². The number of carbonyl (C=O) groups excluding carboxylic acids is 1. The topological polar surface area (TPSA) is 79.0 Å². The number of benzene rings is 1. The van der Waals surface area contributed by atoms with Gasteiger partial charge < -0.3 is 15.0 Å². The molecule has 1 aliphatic heterocycles. The lowest BCUT2D eigenvalue weighted by Gasteiger charge is -2.28. The van der Waals surface area contributed by atoms with E-state index in [4.69, 9.17) is 4.74 Å². The summed E-state index contributed by atoms with van der Waals surface area (Å²) in [4.78, 5) is 14.4. The Morgan fingerprint density at radius 3 is 2.42 bits per heavy atom. The number of carbonyl (C=O) groups is 1. The Morgan fingerprint density at radius 2 is 1.85 bits per heavy atom. The first-order valence-electron chi connectivity index (χ1n) is 9.05. The van der Waals surface area contributed by atoms with Gasteiger partial charge >= 0.3 is 0 Å². The molecule has 0 saturated carbocycles. The van der Waals surface area contributed by atoms with Gasteiger partial charge in [-0.15, -0.1) is 0 Å². The van der Waals surface area contributed by atoms with E-state index in [2.05, 4.69) is 5.32 Å². The Hall–Kier alpha value is -1.48. The first kappa shape index (κ1) is 20.8. The van der Waals surface area contributed by atoms with Crippen LogP contribution in [0.2, 0.25) is 0 Å². The molecule has 1 amide bonds. The highest BCUT2D eigenvalue weighted by Crippen LogP contribution is 2.17. The Labute approximate surface area is 156 Å². The van der Waals surface area contributed by atoms with Gasteiger partial charge in [-0.1, -0.05) is 19.1 Å². The van der Waals surface area contributed by atoms with Crippen molar-refractivity contribution in [2.75, 3.05) is 53.0 Å². The van der Waals surface area contributed by atoms with E-state index in [-0.39, 0.29) is 36.9 Å². The van der Waals surface area contributed by atoms with E-state index in [1.807, 2.05) is 19.1 Å². The summed E-state index contributed by atoms with van der Waals surface area (Å²) in [6, 6.07) is 6.92. The predicted octanol–water partition coefficient (Wildman–Crippen LogP) is 0.708. The number of amides is 1. The van der Waals surface area contributed by atoms with Gasteiger partial charge in [0.2, 0.25) is 15.9 Å². The maximum absolute atomic E-state index is 13.0. The van der Waals surface area contributed by atoms with Crippen LogP contribution in [0.15, 0.2) is 29.2 Å². The van der Waals surface area contributed by atoms with Crippen molar-refractivity contribution in [3.8, 4) is 0 Å². The van der Waals surface area contributed by atoms with Crippen molar-refractivity contribution in [1.82, 2.24) is 14.5 Å². The molecule has 1 heterocycles. The molecule has 1 aromatic rings. The molecule has 1 N–H and O–H groups in total. The second kappa shape index (κ2) is 10.0. The summed E-state index contributed by atoms with van der Waals surface area (Å²) in [7, 11) is -2.12. The summed E-state index contributed by atoms with van der Waals surface area (Å²) >= 11 is 0. The summed E-state index contributed by atoms with van der Waals surface area (Å²) in [6.07, 6.45) is 1.03. The van der Waals surface area contributed by atoms with Crippen LogP contribution in [0.1, 0.15) is 18.9 Å². The smallest absolute Gasteiger partial charge is 0.243 e. The third kappa shape index (κ3) is 5.51. The Kier molecular flexibility index (Phi) is 8.02. The highest BCUT2D eigenvalue weighted by atomic mass is 32.2. The number of ether oxygens (including phenoxy) is 1. The largest absolute Gasteiger partial charge is 0.383 e. The first-order chi connectivity index (χ1) is 12.5. The number of rotatable bonds is 9. The van der Waals surface area contributed by atoms with E-state index in [0.717, 1.165) is 25.1 Å². The molecule has 0 bridgehead atoms. The molecule has 2 rings (SSSR count). The van der Waals surface area contributed by atoms with E-state index in [1.165, 1.54) is 11.4 Å². The van der Waals surface area contributed by atoms with Crippen LogP contribution in [0.4, 0.5) is 0 Å². The van der Waals surface area contributed by atoms with Crippen LogP contribution < -0.4 is 5.32 Å². The molecule has 26 heavy (non-hydrogen) atoms. The van der Waals surface area contributed by atoms with Crippen LogP contribution in [-0.4, -0.2) is 76.5 Å². The summed E-state index contributed by atoms with van der Waals surface area (Å²) in [6.45, 7) is 5.59. The average Bonchev–Trinajstić information content (AvgIpc) is 2.68. The summed E-state index contributed by atoms with van der Waals surface area (Å²) in [5.74, 6) is -0.00884. The standard InChI is InChI=1S/C18H29N3O4S/c1-3-16-4-6-17(7-5-16)26(23,24)21(14-15-25-2)11-8-18(22)20-12-9-19-10-13-20/h4-7,19H,3,8-15H2,1-2H3. The van der Waals surface area contributed by atoms with Crippen LogP contribution >= 0.6 is 0 Å². The second-order valence-electron chi connectivity index (χ2n) is 6.28. The number of nitrogens with one attached hydrogen (secondary N) is 1. The molecule has 0 unspecified atom stereocenters.